The molecule has 0 aliphatic carbocycles. The number of ether oxygens (including phenoxy) is 2. The van der Waals surface area contributed by atoms with E-state index in [1.165, 1.54) is 0 Å². The molecule has 1 aromatic carbocycles. The average Bonchev–Trinajstić information content (AvgIpc) is 2.37. The van der Waals surface area contributed by atoms with Crippen LogP contribution in [-0.2, 0) is 4.84 Å². The highest BCUT2D eigenvalue weighted by molar-refractivity contribution is 5.44. The SMILES string of the molecule is CC(C)CONC(C)c1ccc2c(c1)OCCO2. The number of fused-ring (bicyclic) bond motifs is 1. The number of nitrogens with one attached hydrogen (secondary N) is 1. The molecule has 1 aromatic rings. The van der Waals surface area contributed by atoms with Crippen molar-refractivity contribution in [1.82, 2.24) is 5.48 Å². The van der Waals surface area contributed by atoms with Gasteiger partial charge in [0.05, 0.1) is 12.6 Å². The van der Waals surface area contributed by atoms with Gasteiger partial charge in [0.25, 0.3) is 0 Å². The molecule has 0 saturated carbocycles. The van der Waals surface area contributed by atoms with Gasteiger partial charge >= 0.3 is 0 Å². The van der Waals surface area contributed by atoms with Gasteiger partial charge in [-0.15, -0.1) is 0 Å². The fraction of sp³-hybridized carbons (Fsp3) is 0.571. The van der Waals surface area contributed by atoms with Crippen LogP contribution in [0.4, 0.5) is 0 Å². The first kappa shape index (κ1) is 13.2. The lowest BCUT2D eigenvalue weighted by molar-refractivity contribution is 0.00401. The van der Waals surface area contributed by atoms with Crippen molar-refractivity contribution in [2.75, 3.05) is 19.8 Å². The molecule has 1 atom stereocenters. The lowest BCUT2D eigenvalue weighted by Gasteiger charge is -2.21. The summed E-state index contributed by atoms with van der Waals surface area (Å²) in [5.41, 5.74) is 4.17. The van der Waals surface area contributed by atoms with Crippen molar-refractivity contribution in [1.29, 1.82) is 0 Å². The maximum atomic E-state index is 5.56. The Morgan fingerprint density at radius 3 is 2.61 bits per heavy atom. The quantitative estimate of drug-likeness (QED) is 0.817. The Bertz CT molecular complexity index is 393. The standard InChI is InChI=1S/C14H21NO3/c1-10(2)9-18-15-11(3)12-4-5-13-14(8-12)17-7-6-16-13/h4-5,8,10-11,15H,6-7,9H2,1-3H3. The zero-order valence-corrected chi connectivity index (χ0v) is 11.2. The lowest BCUT2D eigenvalue weighted by Crippen LogP contribution is -2.22. The molecule has 0 fully saturated rings. The summed E-state index contributed by atoms with van der Waals surface area (Å²) in [5, 5.41) is 0. The van der Waals surface area contributed by atoms with Crippen molar-refractivity contribution >= 4 is 0 Å². The third kappa shape index (κ3) is 3.37. The van der Waals surface area contributed by atoms with Crippen LogP contribution in [0.3, 0.4) is 0 Å². The smallest absolute Gasteiger partial charge is 0.161 e. The Kier molecular flexibility index (Phi) is 4.44. The minimum Gasteiger partial charge on any atom is -0.486 e. The van der Waals surface area contributed by atoms with Crippen molar-refractivity contribution < 1.29 is 14.3 Å². The van der Waals surface area contributed by atoms with Gasteiger partial charge in [-0.3, -0.25) is 0 Å². The van der Waals surface area contributed by atoms with E-state index in [1.54, 1.807) is 0 Å². The van der Waals surface area contributed by atoms with E-state index in [0.717, 1.165) is 17.1 Å². The van der Waals surface area contributed by atoms with E-state index in [0.29, 0.717) is 25.7 Å². The van der Waals surface area contributed by atoms with Gasteiger partial charge in [-0.2, -0.15) is 5.48 Å². The number of hydrogen-bond acceptors (Lipinski definition) is 4. The van der Waals surface area contributed by atoms with E-state index in [1.807, 2.05) is 18.2 Å². The highest BCUT2D eigenvalue weighted by Crippen LogP contribution is 2.32. The normalized spacial score (nSPS) is 15.8. The Hall–Kier alpha value is -1.26. The summed E-state index contributed by atoms with van der Waals surface area (Å²) in [6.45, 7) is 8.24. The van der Waals surface area contributed by atoms with E-state index in [9.17, 15) is 0 Å². The lowest BCUT2D eigenvalue weighted by atomic mass is 10.1. The molecule has 1 aliphatic heterocycles. The van der Waals surface area contributed by atoms with Crippen LogP contribution in [0, 0.1) is 5.92 Å². The number of hydroxylamine groups is 1. The van der Waals surface area contributed by atoms with Gasteiger partial charge in [0.2, 0.25) is 0 Å². The molecule has 100 valence electrons. The van der Waals surface area contributed by atoms with E-state index in [2.05, 4.69) is 26.3 Å². The second-order valence-electron chi connectivity index (χ2n) is 4.95. The zero-order chi connectivity index (χ0) is 13.0. The number of rotatable bonds is 5. The molecule has 1 unspecified atom stereocenters. The van der Waals surface area contributed by atoms with Crippen molar-refractivity contribution in [3.63, 3.8) is 0 Å². The highest BCUT2D eigenvalue weighted by atomic mass is 16.6. The van der Waals surface area contributed by atoms with Crippen LogP contribution >= 0.6 is 0 Å². The average molecular weight is 251 g/mol. The minimum absolute atomic E-state index is 0.125. The van der Waals surface area contributed by atoms with E-state index >= 15 is 0 Å². The van der Waals surface area contributed by atoms with E-state index in [4.69, 9.17) is 14.3 Å². The predicted molar refractivity (Wildman–Crippen MR) is 69.8 cm³/mol. The summed E-state index contributed by atoms with van der Waals surface area (Å²) in [7, 11) is 0. The second kappa shape index (κ2) is 6.07. The van der Waals surface area contributed by atoms with Crippen molar-refractivity contribution in [3.8, 4) is 11.5 Å². The van der Waals surface area contributed by atoms with Gasteiger partial charge in [-0.05, 0) is 30.5 Å². The Labute approximate surface area is 108 Å². The first-order chi connectivity index (χ1) is 8.66. The fourth-order valence-electron chi connectivity index (χ4n) is 1.74. The number of hydrogen-bond donors (Lipinski definition) is 1. The van der Waals surface area contributed by atoms with Gasteiger partial charge in [0, 0.05) is 0 Å². The second-order valence-corrected chi connectivity index (χ2v) is 4.95. The number of benzene rings is 1. The van der Waals surface area contributed by atoms with Crippen LogP contribution in [0.15, 0.2) is 18.2 Å². The van der Waals surface area contributed by atoms with Crippen LogP contribution in [0.1, 0.15) is 32.4 Å². The van der Waals surface area contributed by atoms with Gasteiger partial charge in [0.15, 0.2) is 11.5 Å². The van der Waals surface area contributed by atoms with Gasteiger partial charge < -0.3 is 14.3 Å². The summed E-state index contributed by atoms with van der Waals surface area (Å²) in [6.07, 6.45) is 0. The molecule has 1 aliphatic rings. The summed E-state index contributed by atoms with van der Waals surface area (Å²) < 4.78 is 11.1. The predicted octanol–water partition coefficient (Wildman–Crippen LogP) is 2.70. The van der Waals surface area contributed by atoms with Crippen LogP contribution in [0.25, 0.3) is 0 Å². The maximum absolute atomic E-state index is 5.56. The summed E-state index contributed by atoms with van der Waals surface area (Å²) >= 11 is 0. The Morgan fingerprint density at radius 1 is 1.17 bits per heavy atom. The van der Waals surface area contributed by atoms with Gasteiger partial charge in [-0.25, -0.2) is 0 Å². The molecule has 0 saturated heterocycles. The van der Waals surface area contributed by atoms with E-state index < -0.39 is 0 Å². The first-order valence-corrected chi connectivity index (χ1v) is 6.43. The minimum atomic E-state index is 0.125. The fourth-order valence-corrected chi connectivity index (χ4v) is 1.74. The molecule has 0 radical (unpaired) electrons. The molecular weight excluding hydrogens is 230 g/mol. The summed E-state index contributed by atoms with van der Waals surface area (Å²) in [6, 6.07) is 6.11. The Morgan fingerprint density at radius 2 is 1.89 bits per heavy atom. The van der Waals surface area contributed by atoms with Crippen molar-refractivity contribution in [2.45, 2.75) is 26.8 Å². The molecule has 1 N–H and O–H groups in total. The maximum Gasteiger partial charge on any atom is 0.161 e. The van der Waals surface area contributed by atoms with Crippen molar-refractivity contribution in [3.05, 3.63) is 23.8 Å². The highest BCUT2D eigenvalue weighted by Gasteiger charge is 2.14. The topological polar surface area (TPSA) is 39.7 Å². The molecule has 0 spiro atoms. The molecule has 0 aromatic heterocycles. The molecule has 4 nitrogen and oxygen atoms in total. The van der Waals surface area contributed by atoms with Crippen LogP contribution < -0.4 is 15.0 Å². The molecular formula is C14H21NO3. The molecule has 4 heteroatoms. The molecule has 18 heavy (non-hydrogen) atoms. The summed E-state index contributed by atoms with van der Waals surface area (Å²) in [5.74, 6) is 2.15. The molecule has 0 bridgehead atoms. The molecule has 2 rings (SSSR count). The Balaban J connectivity index is 1.95. The van der Waals surface area contributed by atoms with Gasteiger partial charge in [0.1, 0.15) is 13.2 Å². The summed E-state index contributed by atoms with van der Waals surface area (Å²) in [4.78, 5) is 5.43. The zero-order valence-electron chi connectivity index (χ0n) is 11.2. The van der Waals surface area contributed by atoms with Crippen LogP contribution in [-0.4, -0.2) is 19.8 Å². The molecule has 1 heterocycles. The third-order valence-electron chi connectivity index (χ3n) is 2.74. The largest absolute Gasteiger partial charge is 0.486 e. The first-order valence-electron chi connectivity index (χ1n) is 6.43. The monoisotopic (exact) mass is 251 g/mol. The molecule has 0 amide bonds. The van der Waals surface area contributed by atoms with Crippen LogP contribution in [0.2, 0.25) is 0 Å². The van der Waals surface area contributed by atoms with Crippen molar-refractivity contribution in [2.24, 2.45) is 5.92 Å². The third-order valence-corrected chi connectivity index (χ3v) is 2.74. The van der Waals surface area contributed by atoms with E-state index in [-0.39, 0.29) is 6.04 Å². The van der Waals surface area contributed by atoms with Crippen LogP contribution in [0.5, 0.6) is 11.5 Å². The van der Waals surface area contributed by atoms with Gasteiger partial charge in [-0.1, -0.05) is 19.9 Å².